The van der Waals surface area contributed by atoms with Crippen LogP contribution in [0.5, 0.6) is 0 Å². The summed E-state index contributed by atoms with van der Waals surface area (Å²) in [5.74, 6) is -0.691. The van der Waals surface area contributed by atoms with Gasteiger partial charge in [-0.15, -0.1) is 0 Å². The van der Waals surface area contributed by atoms with Gasteiger partial charge in [-0.1, -0.05) is 15.9 Å². The molecule has 0 aliphatic carbocycles. The Morgan fingerprint density at radius 3 is 2.60 bits per heavy atom. The highest BCUT2D eigenvalue weighted by atomic mass is 79.9. The van der Waals surface area contributed by atoms with Gasteiger partial charge in [0.05, 0.1) is 11.3 Å². The van der Waals surface area contributed by atoms with Crippen LogP contribution in [0.15, 0.2) is 28.7 Å². The molecule has 0 spiro atoms. The summed E-state index contributed by atoms with van der Waals surface area (Å²) in [4.78, 5) is 11.8. The number of alkyl halides is 3. The molecule has 5 nitrogen and oxygen atoms in total. The number of hydrogen-bond donors (Lipinski definition) is 3. The normalized spacial score (nSPS) is 11.4. The van der Waals surface area contributed by atoms with Crippen molar-refractivity contribution in [3.05, 3.63) is 40.0 Å². The average Bonchev–Trinajstić information content (AvgIpc) is 2.77. The van der Waals surface area contributed by atoms with Crippen molar-refractivity contribution in [3.8, 4) is 0 Å². The first-order chi connectivity index (χ1) is 9.27. The van der Waals surface area contributed by atoms with Gasteiger partial charge < -0.3 is 11.1 Å². The first kappa shape index (κ1) is 14.4. The van der Waals surface area contributed by atoms with Gasteiger partial charge in [-0.05, 0) is 18.2 Å². The lowest BCUT2D eigenvalue weighted by molar-refractivity contribution is -0.136. The molecule has 9 heteroatoms. The van der Waals surface area contributed by atoms with E-state index in [-0.39, 0.29) is 21.7 Å². The third-order valence-electron chi connectivity index (χ3n) is 2.38. The first-order valence-electron chi connectivity index (χ1n) is 5.26. The molecule has 0 radical (unpaired) electrons. The van der Waals surface area contributed by atoms with Crippen LogP contribution in [0, 0.1) is 0 Å². The lowest BCUT2D eigenvalue weighted by Crippen LogP contribution is -2.17. The number of aromatic nitrogens is 2. The van der Waals surface area contributed by atoms with Gasteiger partial charge in [0.2, 0.25) is 0 Å². The van der Waals surface area contributed by atoms with E-state index in [9.17, 15) is 18.0 Å². The molecule has 0 unspecified atom stereocenters. The summed E-state index contributed by atoms with van der Waals surface area (Å²) < 4.78 is 38.9. The molecule has 20 heavy (non-hydrogen) atoms. The second kappa shape index (κ2) is 5.16. The van der Waals surface area contributed by atoms with Crippen LogP contribution in [-0.2, 0) is 6.18 Å². The molecule has 0 aliphatic heterocycles. The van der Waals surface area contributed by atoms with Gasteiger partial charge in [0.1, 0.15) is 11.5 Å². The number of anilines is 2. The lowest BCUT2D eigenvalue weighted by Gasteiger charge is -2.13. The van der Waals surface area contributed by atoms with Gasteiger partial charge in [-0.3, -0.25) is 9.89 Å². The number of amides is 1. The molecule has 106 valence electrons. The predicted octanol–water partition coefficient (Wildman–Crippen LogP) is 3.03. The van der Waals surface area contributed by atoms with Crippen molar-refractivity contribution < 1.29 is 18.0 Å². The molecule has 4 N–H and O–H groups in total. The Labute approximate surface area is 119 Å². The Hall–Kier alpha value is -2.03. The fourth-order valence-electron chi connectivity index (χ4n) is 1.50. The number of hydrogen-bond acceptors (Lipinski definition) is 3. The van der Waals surface area contributed by atoms with E-state index in [1.165, 1.54) is 12.1 Å². The van der Waals surface area contributed by atoms with Crippen LogP contribution >= 0.6 is 15.9 Å². The number of benzene rings is 1. The zero-order valence-electron chi connectivity index (χ0n) is 9.75. The molecular weight excluding hydrogens is 341 g/mol. The maximum absolute atomic E-state index is 12.9. The van der Waals surface area contributed by atoms with Gasteiger partial charge in [-0.2, -0.15) is 18.3 Å². The maximum atomic E-state index is 12.9. The molecule has 2 aromatic rings. The number of nitrogens with one attached hydrogen (secondary N) is 2. The summed E-state index contributed by atoms with van der Waals surface area (Å²) in [6, 6.07) is 4.66. The van der Waals surface area contributed by atoms with E-state index >= 15 is 0 Å². The molecule has 0 atom stereocenters. The Kier molecular flexibility index (Phi) is 3.71. The molecule has 1 amide bonds. The van der Waals surface area contributed by atoms with Crippen LogP contribution < -0.4 is 11.1 Å². The monoisotopic (exact) mass is 348 g/mol. The van der Waals surface area contributed by atoms with Crippen molar-refractivity contribution in [3.63, 3.8) is 0 Å². The molecule has 1 heterocycles. The Morgan fingerprint density at radius 2 is 2.05 bits per heavy atom. The number of nitrogen functional groups attached to an aromatic ring is 1. The summed E-state index contributed by atoms with van der Waals surface area (Å²) in [5.41, 5.74) is 3.99. The Balaban J connectivity index is 2.32. The smallest absolute Gasteiger partial charge is 0.382 e. The molecule has 0 saturated carbocycles. The van der Waals surface area contributed by atoms with E-state index < -0.39 is 17.6 Å². The first-order valence-corrected chi connectivity index (χ1v) is 6.05. The van der Waals surface area contributed by atoms with Gasteiger partial charge in [-0.25, -0.2) is 0 Å². The zero-order valence-corrected chi connectivity index (χ0v) is 11.3. The van der Waals surface area contributed by atoms with Crippen LogP contribution in [0.2, 0.25) is 0 Å². The second-order valence-corrected chi connectivity index (χ2v) is 4.76. The number of carbonyl (C=O) groups is 1. The SMILES string of the molecule is Nc1cc(C(=O)Nc2ccc(Br)cc2C(F)(F)F)[nH]n1. The van der Waals surface area contributed by atoms with Crippen LogP contribution in [-0.4, -0.2) is 16.1 Å². The van der Waals surface area contributed by atoms with Gasteiger partial charge in [0, 0.05) is 10.5 Å². The van der Waals surface area contributed by atoms with Crippen molar-refractivity contribution in [1.82, 2.24) is 10.2 Å². The molecule has 2 rings (SSSR count). The number of carbonyl (C=O) groups excluding carboxylic acids is 1. The number of aromatic amines is 1. The highest BCUT2D eigenvalue weighted by molar-refractivity contribution is 9.10. The number of rotatable bonds is 2. The topological polar surface area (TPSA) is 83.8 Å². The third-order valence-corrected chi connectivity index (χ3v) is 2.87. The quantitative estimate of drug-likeness (QED) is 0.779. The third kappa shape index (κ3) is 3.10. The molecule has 0 saturated heterocycles. The van der Waals surface area contributed by atoms with Crippen molar-refractivity contribution in [2.45, 2.75) is 6.18 Å². The fraction of sp³-hybridized carbons (Fsp3) is 0.0909. The minimum atomic E-state index is -4.58. The molecule has 0 bridgehead atoms. The fourth-order valence-corrected chi connectivity index (χ4v) is 1.86. The van der Waals surface area contributed by atoms with Gasteiger partial charge >= 0.3 is 6.18 Å². The highest BCUT2D eigenvalue weighted by Gasteiger charge is 2.34. The Morgan fingerprint density at radius 1 is 1.35 bits per heavy atom. The molecular formula is C11H8BrF3N4O. The number of nitrogens with two attached hydrogens (primary N) is 1. The maximum Gasteiger partial charge on any atom is 0.418 e. The van der Waals surface area contributed by atoms with E-state index in [0.717, 1.165) is 12.1 Å². The van der Waals surface area contributed by atoms with Crippen LogP contribution in [0.1, 0.15) is 16.1 Å². The standard InChI is InChI=1S/C11H8BrF3N4O/c12-5-1-2-7(6(3-5)11(13,14)15)17-10(20)8-4-9(16)19-18-8/h1-4H,(H,17,20)(H3,16,18,19). The number of halogens is 4. The summed E-state index contributed by atoms with van der Waals surface area (Å²) in [7, 11) is 0. The van der Waals surface area contributed by atoms with E-state index in [0.29, 0.717) is 0 Å². The van der Waals surface area contributed by atoms with E-state index in [4.69, 9.17) is 5.73 Å². The van der Waals surface area contributed by atoms with Gasteiger partial charge in [0.15, 0.2) is 0 Å². The highest BCUT2D eigenvalue weighted by Crippen LogP contribution is 2.36. The molecule has 1 aromatic carbocycles. The molecule has 0 fully saturated rings. The number of nitrogens with zero attached hydrogens (tertiary/aromatic N) is 1. The van der Waals surface area contributed by atoms with E-state index in [1.54, 1.807) is 0 Å². The summed E-state index contributed by atoms with van der Waals surface area (Å²) in [6.45, 7) is 0. The van der Waals surface area contributed by atoms with Crippen molar-refractivity contribution in [2.75, 3.05) is 11.1 Å². The largest absolute Gasteiger partial charge is 0.418 e. The zero-order chi connectivity index (χ0) is 14.9. The second-order valence-electron chi connectivity index (χ2n) is 3.85. The minimum Gasteiger partial charge on any atom is -0.382 e. The number of H-pyrrole nitrogens is 1. The Bertz CT molecular complexity index is 653. The van der Waals surface area contributed by atoms with E-state index in [2.05, 4.69) is 31.4 Å². The van der Waals surface area contributed by atoms with Crippen LogP contribution in [0.4, 0.5) is 24.7 Å². The molecule has 1 aromatic heterocycles. The van der Waals surface area contributed by atoms with Crippen molar-refractivity contribution >= 4 is 33.3 Å². The summed E-state index contributed by atoms with van der Waals surface area (Å²) in [5, 5.41) is 8.01. The molecule has 0 aliphatic rings. The summed E-state index contributed by atoms with van der Waals surface area (Å²) in [6.07, 6.45) is -4.58. The van der Waals surface area contributed by atoms with Gasteiger partial charge in [0.25, 0.3) is 5.91 Å². The van der Waals surface area contributed by atoms with Crippen LogP contribution in [0.25, 0.3) is 0 Å². The summed E-state index contributed by atoms with van der Waals surface area (Å²) >= 11 is 2.96. The van der Waals surface area contributed by atoms with Crippen molar-refractivity contribution in [1.29, 1.82) is 0 Å². The predicted molar refractivity (Wildman–Crippen MR) is 70.1 cm³/mol. The lowest BCUT2D eigenvalue weighted by atomic mass is 10.1. The van der Waals surface area contributed by atoms with E-state index in [1.807, 2.05) is 0 Å². The van der Waals surface area contributed by atoms with Crippen LogP contribution in [0.3, 0.4) is 0 Å². The average molecular weight is 349 g/mol. The minimum absolute atomic E-state index is 0.0291. The van der Waals surface area contributed by atoms with Crippen molar-refractivity contribution in [2.24, 2.45) is 0 Å².